The molecule has 3 heteroatoms. The molecule has 17 heavy (non-hydrogen) atoms. The Hall–Kier alpha value is -0.180. The molecule has 1 aromatic heterocycles. The molecule has 0 radical (unpaired) electrons. The minimum atomic E-state index is -1.86. The molecule has 0 aromatic carbocycles. The molecule has 0 unspecified atom stereocenters. The van der Waals surface area contributed by atoms with E-state index in [9.17, 15) is 0 Å². The second kappa shape index (κ2) is 6.12. The molecule has 0 bridgehead atoms. The van der Waals surface area contributed by atoms with Crippen LogP contribution in [0.25, 0.3) is 0 Å². The number of allylic oxidation sites excluding steroid dienone is 8. The average molecular weight is 428 g/mol. The Morgan fingerprint density at radius 1 is 1.00 bits per heavy atom. The van der Waals surface area contributed by atoms with Gasteiger partial charge in [-0.15, -0.1) is 12.4 Å². The van der Waals surface area contributed by atoms with Gasteiger partial charge < -0.3 is 0 Å². The van der Waals surface area contributed by atoms with Crippen molar-refractivity contribution in [3.63, 3.8) is 0 Å². The normalized spacial score (nSPS) is 16.7. The molecule has 0 nitrogen and oxygen atoms in total. The Morgan fingerprint density at radius 2 is 1.65 bits per heavy atom. The molecule has 0 aliphatic heterocycles. The van der Waals surface area contributed by atoms with Gasteiger partial charge in [0, 0.05) is 0 Å². The van der Waals surface area contributed by atoms with E-state index in [1.165, 1.54) is 12.8 Å². The van der Waals surface area contributed by atoms with Crippen LogP contribution in [-0.2, 0) is 21.4 Å². The largest absolute Gasteiger partial charge is 0.147 e. The molecule has 2 aliphatic carbocycles. The SMILES string of the molecule is C1=CC[C]([Hf]([C]2=CC=CC2)[c]2cccs2)=C1.Cl. The van der Waals surface area contributed by atoms with E-state index in [0.717, 1.165) is 0 Å². The van der Waals surface area contributed by atoms with Crippen molar-refractivity contribution in [1.82, 2.24) is 0 Å². The van der Waals surface area contributed by atoms with E-state index in [2.05, 4.69) is 54.0 Å². The van der Waals surface area contributed by atoms with E-state index in [1.54, 1.807) is 9.29 Å². The van der Waals surface area contributed by atoms with Gasteiger partial charge in [0.25, 0.3) is 0 Å². The van der Waals surface area contributed by atoms with Crippen LogP contribution in [0.4, 0.5) is 0 Å². The van der Waals surface area contributed by atoms with Gasteiger partial charge in [-0.3, -0.25) is 0 Å². The molecule has 2 aliphatic rings. The second-order valence-corrected chi connectivity index (χ2v) is 15.5. The molecule has 0 saturated heterocycles. The summed E-state index contributed by atoms with van der Waals surface area (Å²) in [5, 5.41) is 2.23. The van der Waals surface area contributed by atoms with E-state index in [4.69, 9.17) is 0 Å². The monoisotopic (exact) mass is 429 g/mol. The first-order valence-corrected chi connectivity index (χ1v) is 11.8. The molecule has 1 heterocycles. The summed E-state index contributed by atoms with van der Waals surface area (Å²) >= 11 is 0.103. The fourth-order valence-electron chi connectivity index (χ4n) is 2.21. The zero-order chi connectivity index (χ0) is 10.8. The van der Waals surface area contributed by atoms with Gasteiger partial charge in [0.05, 0.1) is 0 Å². The minimum absolute atomic E-state index is 0. The zero-order valence-electron chi connectivity index (χ0n) is 9.43. The maximum atomic E-state index is 2.38. The number of halogens is 1. The van der Waals surface area contributed by atoms with Crippen LogP contribution in [0.2, 0.25) is 0 Å². The molecular weight excluding hydrogens is 414 g/mol. The molecule has 0 amide bonds. The van der Waals surface area contributed by atoms with E-state index in [-0.39, 0.29) is 12.4 Å². The van der Waals surface area contributed by atoms with Gasteiger partial charge in [0.1, 0.15) is 0 Å². The van der Waals surface area contributed by atoms with Crippen molar-refractivity contribution in [2.45, 2.75) is 12.8 Å². The summed E-state index contributed by atoms with van der Waals surface area (Å²) in [6, 6.07) is 4.56. The first-order valence-electron chi connectivity index (χ1n) is 5.58. The Bertz CT molecular complexity index is 464. The molecule has 1 aromatic rings. The molecule has 3 rings (SSSR count). The van der Waals surface area contributed by atoms with E-state index in [1.807, 2.05) is 11.3 Å². The minimum Gasteiger partial charge on any atom is -0.147 e. The predicted molar refractivity (Wildman–Crippen MR) is 74.9 cm³/mol. The summed E-state index contributed by atoms with van der Waals surface area (Å²) in [5.41, 5.74) is 0. The molecular formula is C14H14ClHfS. The third-order valence-electron chi connectivity index (χ3n) is 2.95. The molecule has 0 atom stereocenters. The number of rotatable bonds is 3. The third kappa shape index (κ3) is 2.81. The first kappa shape index (κ1) is 13.3. The van der Waals surface area contributed by atoms with Crippen molar-refractivity contribution >= 4 is 26.4 Å². The van der Waals surface area contributed by atoms with Crippen LogP contribution in [0, 0.1) is 0 Å². The van der Waals surface area contributed by atoms with Crippen molar-refractivity contribution in [3.05, 3.63) is 60.6 Å². The van der Waals surface area contributed by atoms with E-state index in [0.29, 0.717) is 0 Å². The maximum Gasteiger partial charge on any atom is -0.147 e. The third-order valence-corrected chi connectivity index (χ3v) is 16.2. The zero-order valence-corrected chi connectivity index (χ0v) is 14.7. The standard InChI is InChI=1S/2C5H5.C4H3S.ClH.Hf/c3*1-2-4-5-3-1;;/h2*1-3H,4H2;1-3H;1H;. The number of thiophene rings is 1. The first-order chi connectivity index (χ1) is 7.95. The summed E-state index contributed by atoms with van der Waals surface area (Å²) in [5.74, 6) is 0. The quantitative estimate of drug-likeness (QED) is 0.637. The summed E-state index contributed by atoms with van der Waals surface area (Å²) < 4.78 is 5.19. The average Bonchev–Trinajstić information content (AvgIpc) is 3.02. The van der Waals surface area contributed by atoms with Gasteiger partial charge in [-0.05, 0) is 0 Å². The maximum absolute atomic E-state index is 2.38. The number of hydrogen-bond donors (Lipinski definition) is 0. The molecule has 0 fully saturated rings. The van der Waals surface area contributed by atoms with E-state index >= 15 is 0 Å². The number of hydrogen-bond acceptors (Lipinski definition) is 1. The van der Waals surface area contributed by atoms with Crippen LogP contribution in [-0.4, -0.2) is 0 Å². The van der Waals surface area contributed by atoms with Gasteiger partial charge in [-0.2, -0.15) is 0 Å². The van der Waals surface area contributed by atoms with Crippen LogP contribution in [0.15, 0.2) is 60.6 Å². The fourth-order valence-corrected chi connectivity index (χ4v) is 15.8. The topological polar surface area (TPSA) is 0 Å². The van der Waals surface area contributed by atoms with Gasteiger partial charge in [0.2, 0.25) is 0 Å². The Labute approximate surface area is 120 Å². The summed E-state index contributed by atoms with van der Waals surface area (Å²) in [7, 11) is 0. The second-order valence-electron chi connectivity index (χ2n) is 4.00. The van der Waals surface area contributed by atoms with Gasteiger partial charge in [-0.1, -0.05) is 0 Å². The Morgan fingerprint density at radius 3 is 2.06 bits per heavy atom. The summed E-state index contributed by atoms with van der Waals surface area (Å²) in [4.78, 5) is 0. The fraction of sp³-hybridized carbons (Fsp3) is 0.143. The van der Waals surface area contributed by atoms with Crippen molar-refractivity contribution in [3.8, 4) is 0 Å². The van der Waals surface area contributed by atoms with Gasteiger partial charge in [-0.25, -0.2) is 0 Å². The van der Waals surface area contributed by atoms with Crippen LogP contribution in [0.3, 0.4) is 0 Å². The van der Waals surface area contributed by atoms with E-state index < -0.39 is 21.4 Å². The van der Waals surface area contributed by atoms with Crippen molar-refractivity contribution in [2.75, 3.05) is 0 Å². The van der Waals surface area contributed by atoms with Crippen LogP contribution in [0.5, 0.6) is 0 Å². The van der Waals surface area contributed by atoms with Crippen molar-refractivity contribution in [2.24, 2.45) is 0 Å². The van der Waals surface area contributed by atoms with Gasteiger partial charge >= 0.3 is 109 Å². The molecule has 87 valence electrons. The predicted octanol–water partition coefficient (Wildman–Crippen LogP) is 4.10. The van der Waals surface area contributed by atoms with Crippen molar-refractivity contribution < 1.29 is 21.4 Å². The molecule has 0 saturated carbocycles. The van der Waals surface area contributed by atoms with Gasteiger partial charge in [0.15, 0.2) is 0 Å². The smallest absolute Gasteiger partial charge is 0.147 e. The van der Waals surface area contributed by atoms with Crippen LogP contribution >= 0.6 is 23.7 Å². The summed E-state index contributed by atoms with van der Waals surface area (Å²) in [6.45, 7) is 0. The Balaban J connectivity index is 0.00000108. The molecule has 0 spiro atoms. The van der Waals surface area contributed by atoms with Crippen LogP contribution in [0.1, 0.15) is 12.8 Å². The molecule has 0 N–H and O–H groups in total. The van der Waals surface area contributed by atoms with Crippen molar-refractivity contribution in [1.29, 1.82) is 0 Å². The summed E-state index contributed by atoms with van der Waals surface area (Å²) in [6.07, 6.45) is 16.2. The van der Waals surface area contributed by atoms with Crippen LogP contribution < -0.4 is 2.63 Å². The Kier molecular flexibility index (Phi) is 4.78.